The number of hydrogen-bond acceptors (Lipinski definition) is 4. The lowest BCUT2D eigenvalue weighted by Gasteiger charge is -2.20. The van der Waals surface area contributed by atoms with Gasteiger partial charge >= 0.3 is 0 Å². The molecule has 0 bridgehead atoms. The highest BCUT2D eigenvalue weighted by atomic mass is 19.1. The Balaban J connectivity index is 1.73. The zero-order valence-corrected chi connectivity index (χ0v) is 13.7. The van der Waals surface area contributed by atoms with Gasteiger partial charge in [-0.05, 0) is 38.1 Å². The number of para-hydroxylation sites is 1. The van der Waals surface area contributed by atoms with Gasteiger partial charge in [0.2, 0.25) is 0 Å². The molecule has 2 atom stereocenters. The van der Waals surface area contributed by atoms with Crippen LogP contribution in [0.25, 0.3) is 10.9 Å². The van der Waals surface area contributed by atoms with Crippen LogP contribution in [0.4, 0.5) is 4.39 Å². The van der Waals surface area contributed by atoms with Gasteiger partial charge in [0.05, 0.1) is 5.69 Å². The van der Waals surface area contributed by atoms with E-state index in [0.29, 0.717) is 23.9 Å². The van der Waals surface area contributed by atoms with Crippen molar-refractivity contribution < 1.29 is 9.50 Å². The van der Waals surface area contributed by atoms with E-state index in [1.807, 2.05) is 18.2 Å². The van der Waals surface area contributed by atoms with Crippen molar-refractivity contribution in [3.05, 3.63) is 41.8 Å². The first-order valence-corrected chi connectivity index (χ1v) is 8.09. The molecule has 2 heterocycles. The van der Waals surface area contributed by atoms with E-state index in [-0.39, 0.29) is 12.4 Å². The number of aromatic nitrogens is 1. The maximum atomic E-state index is 13.9. The molecule has 1 saturated heterocycles. The number of nitrogens with zero attached hydrogens (tertiary/aromatic N) is 3. The zero-order chi connectivity index (χ0) is 16.4. The van der Waals surface area contributed by atoms with Crippen LogP contribution in [0.5, 0.6) is 0 Å². The molecular weight excluding hydrogens is 293 g/mol. The van der Waals surface area contributed by atoms with Crippen molar-refractivity contribution >= 4 is 10.9 Å². The van der Waals surface area contributed by atoms with Gasteiger partial charge in [0, 0.05) is 38.2 Å². The van der Waals surface area contributed by atoms with Crippen molar-refractivity contribution in [1.82, 2.24) is 14.8 Å². The Morgan fingerprint density at radius 1 is 1.22 bits per heavy atom. The Morgan fingerprint density at radius 2 is 2.00 bits per heavy atom. The van der Waals surface area contributed by atoms with E-state index in [9.17, 15) is 9.50 Å². The number of halogens is 1. The number of benzene rings is 1. The Morgan fingerprint density at radius 3 is 2.74 bits per heavy atom. The second-order valence-electron chi connectivity index (χ2n) is 6.77. The van der Waals surface area contributed by atoms with E-state index in [2.05, 4.69) is 28.9 Å². The van der Waals surface area contributed by atoms with Crippen LogP contribution in [-0.4, -0.2) is 60.2 Å². The summed E-state index contributed by atoms with van der Waals surface area (Å²) < 4.78 is 13.9. The number of hydrogen-bond donors (Lipinski definition) is 1. The van der Waals surface area contributed by atoms with Crippen LogP contribution in [0.15, 0.2) is 30.3 Å². The molecule has 124 valence electrons. The van der Waals surface area contributed by atoms with Crippen LogP contribution in [0, 0.1) is 17.7 Å². The summed E-state index contributed by atoms with van der Waals surface area (Å²) in [6.07, 6.45) is 0. The SMILES string of the molecule is CN(C)C[C@@H]1CN(Cc2ccc3cccc(F)c3n2)C[C@@H]1CO. The molecule has 1 aliphatic rings. The minimum absolute atomic E-state index is 0.217. The number of rotatable bonds is 5. The van der Waals surface area contributed by atoms with Crippen LogP contribution in [0.2, 0.25) is 0 Å². The quantitative estimate of drug-likeness (QED) is 0.915. The van der Waals surface area contributed by atoms with Crippen LogP contribution in [-0.2, 0) is 6.54 Å². The van der Waals surface area contributed by atoms with Gasteiger partial charge in [-0.2, -0.15) is 0 Å². The summed E-state index contributed by atoms with van der Waals surface area (Å²) in [4.78, 5) is 8.96. The fourth-order valence-electron chi connectivity index (χ4n) is 3.52. The Bertz CT molecular complexity index is 676. The van der Waals surface area contributed by atoms with Crippen molar-refractivity contribution in [3.63, 3.8) is 0 Å². The maximum Gasteiger partial charge on any atom is 0.149 e. The highest BCUT2D eigenvalue weighted by Gasteiger charge is 2.32. The molecule has 0 radical (unpaired) electrons. The first kappa shape index (κ1) is 16.3. The average Bonchev–Trinajstić information content (AvgIpc) is 2.89. The lowest BCUT2D eigenvalue weighted by atomic mass is 9.97. The van der Waals surface area contributed by atoms with Gasteiger partial charge in [-0.3, -0.25) is 4.90 Å². The van der Waals surface area contributed by atoms with Gasteiger partial charge < -0.3 is 10.0 Å². The van der Waals surface area contributed by atoms with Crippen molar-refractivity contribution in [2.45, 2.75) is 6.54 Å². The van der Waals surface area contributed by atoms with E-state index >= 15 is 0 Å². The summed E-state index contributed by atoms with van der Waals surface area (Å²) in [5.41, 5.74) is 1.32. The summed E-state index contributed by atoms with van der Waals surface area (Å²) >= 11 is 0. The molecule has 0 aliphatic carbocycles. The lowest BCUT2D eigenvalue weighted by Crippen LogP contribution is -2.28. The predicted octanol–water partition coefficient (Wildman–Crippen LogP) is 1.98. The lowest BCUT2D eigenvalue weighted by molar-refractivity contribution is 0.183. The number of aliphatic hydroxyl groups excluding tert-OH is 1. The van der Waals surface area contributed by atoms with Gasteiger partial charge in [-0.25, -0.2) is 9.37 Å². The molecule has 1 aromatic heterocycles. The van der Waals surface area contributed by atoms with Gasteiger partial charge in [0.15, 0.2) is 0 Å². The van der Waals surface area contributed by atoms with Gasteiger partial charge in [-0.15, -0.1) is 0 Å². The summed E-state index contributed by atoms with van der Waals surface area (Å²) in [6.45, 7) is 3.70. The Labute approximate surface area is 136 Å². The van der Waals surface area contributed by atoms with E-state index in [0.717, 1.165) is 30.7 Å². The number of pyridine rings is 1. The molecule has 3 rings (SSSR count). The summed E-state index contributed by atoms with van der Waals surface area (Å²) in [7, 11) is 4.12. The fraction of sp³-hybridized carbons (Fsp3) is 0.500. The minimum atomic E-state index is -0.274. The standard InChI is InChI=1S/C18H24FN3O/c1-21(2)8-14-9-22(10-15(14)12-23)11-16-7-6-13-4-3-5-17(19)18(13)20-16/h3-7,14-15,23H,8-12H2,1-2H3/t14-,15-/m1/s1. The molecular formula is C18H24FN3O. The molecule has 0 unspecified atom stereocenters. The third kappa shape index (κ3) is 3.68. The summed E-state index contributed by atoms with van der Waals surface area (Å²) in [6, 6.07) is 8.92. The molecule has 1 aromatic carbocycles. The van der Waals surface area contributed by atoms with Crippen LogP contribution in [0.1, 0.15) is 5.69 Å². The monoisotopic (exact) mass is 317 g/mol. The van der Waals surface area contributed by atoms with Crippen molar-refractivity contribution in [3.8, 4) is 0 Å². The number of fused-ring (bicyclic) bond motifs is 1. The third-order valence-electron chi connectivity index (χ3n) is 4.60. The molecule has 1 N–H and O–H groups in total. The molecule has 1 fully saturated rings. The molecule has 0 saturated carbocycles. The van der Waals surface area contributed by atoms with Crippen molar-refractivity contribution in [2.75, 3.05) is 40.3 Å². The van der Waals surface area contributed by atoms with Crippen LogP contribution < -0.4 is 0 Å². The van der Waals surface area contributed by atoms with Crippen LogP contribution >= 0.6 is 0 Å². The smallest absolute Gasteiger partial charge is 0.149 e. The third-order valence-corrected chi connectivity index (χ3v) is 4.60. The second kappa shape index (κ2) is 6.91. The molecule has 23 heavy (non-hydrogen) atoms. The van der Waals surface area contributed by atoms with E-state index in [1.54, 1.807) is 6.07 Å². The molecule has 0 spiro atoms. The van der Waals surface area contributed by atoms with Crippen molar-refractivity contribution in [2.24, 2.45) is 11.8 Å². The molecule has 0 amide bonds. The molecule has 2 aromatic rings. The maximum absolute atomic E-state index is 13.9. The normalized spacial score (nSPS) is 22.3. The first-order valence-electron chi connectivity index (χ1n) is 8.09. The number of likely N-dealkylation sites (tertiary alicyclic amines) is 1. The summed E-state index contributed by atoms with van der Waals surface area (Å²) in [5, 5.41) is 10.4. The van der Waals surface area contributed by atoms with E-state index in [4.69, 9.17) is 0 Å². The second-order valence-corrected chi connectivity index (χ2v) is 6.77. The topological polar surface area (TPSA) is 39.6 Å². The average molecular weight is 317 g/mol. The van der Waals surface area contributed by atoms with Gasteiger partial charge in [-0.1, -0.05) is 18.2 Å². The zero-order valence-electron chi connectivity index (χ0n) is 13.7. The van der Waals surface area contributed by atoms with Crippen LogP contribution in [0.3, 0.4) is 0 Å². The van der Waals surface area contributed by atoms with E-state index < -0.39 is 0 Å². The highest BCUT2D eigenvalue weighted by Crippen LogP contribution is 2.25. The predicted molar refractivity (Wildman–Crippen MR) is 89.6 cm³/mol. The van der Waals surface area contributed by atoms with Gasteiger partial charge in [0.25, 0.3) is 0 Å². The number of aliphatic hydroxyl groups is 1. The molecule has 5 heteroatoms. The molecule has 4 nitrogen and oxygen atoms in total. The summed E-state index contributed by atoms with van der Waals surface area (Å²) in [5.74, 6) is 0.492. The van der Waals surface area contributed by atoms with Crippen molar-refractivity contribution in [1.29, 1.82) is 0 Å². The fourth-order valence-corrected chi connectivity index (χ4v) is 3.52. The Hall–Kier alpha value is -1.56. The van der Waals surface area contributed by atoms with Gasteiger partial charge in [0.1, 0.15) is 11.3 Å². The van der Waals surface area contributed by atoms with E-state index in [1.165, 1.54) is 6.07 Å². The Kier molecular flexibility index (Phi) is 4.90. The minimum Gasteiger partial charge on any atom is -0.396 e. The largest absolute Gasteiger partial charge is 0.396 e. The highest BCUT2D eigenvalue weighted by molar-refractivity contribution is 5.79. The first-order chi connectivity index (χ1) is 11.1. The molecule has 1 aliphatic heterocycles.